The molecule has 0 radical (unpaired) electrons. The van der Waals surface area contributed by atoms with Crippen LogP contribution in [0.1, 0.15) is 27.4 Å². The summed E-state index contributed by atoms with van der Waals surface area (Å²) < 4.78 is 40.2. The van der Waals surface area contributed by atoms with Gasteiger partial charge < -0.3 is 23.5 Å². The molecule has 3 aromatic rings. The van der Waals surface area contributed by atoms with Gasteiger partial charge in [0.05, 0.1) is 23.9 Å². The minimum Gasteiger partial charge on any atom is -0.493 e. The molecule has 8 heteroatoms. The first-order valence-electron chi connectivity index (χ1n) is 9.26. The number of esters is 1. The van der Waals surface area contributed by atoms with Gasteiger partial charge in [0.25, 0.3) is 0 Å². The van der Waals surface area contributed by atoms with E-state index in [9.17, 15) is 9.18 Å². The standard InChI is InChI=1S/C22H22FNO6/c1-14-17(15(2)30-24-14)13-29-20-9-8-16(12-21(20)26-3)22(25)28-11-10-27-19-7-5-4-6-18(19)23/h4-9,12H,10-11,13H2,1-3H3. The van der Waals surface area contributed by atoms with E-state index >= 15 is 0 Å². The molecule has 0 spiro atoms. The second kappa shape index (κ2) is 9.78. The van der Waals surface area contributed by atoms with Gasteiger partial charge in [-0.05, 0) is 44.2 Å². The Bertz CT molecular complexity index is 997. The highest BCUT2D eigenvalue weighted by Crippen LogP contribution is 2.29. The Labute approximate surface area is 173 Å². The number of aryl methyl sites for hydroxylation is 2. The van der Waals surface area contributed by atoms with Crippen LogP contribution in [0.4, 0.5) is 4.39 Å². The maximum absolute atomic E-state index is 13.5. The summed E-state index contributed by atoms with van der Waals surface area (Å²) in [6.45, 7) is 3.91. The molecule has 158 valence electrons. The molecule has 2 aromatic carbocycles. The molecule has 30 heavy (non-hydrogen) atoms. The highest BCUT2D eigenvalue weighted by Gasteiger charge is 2.15. The van der Waals surface area contributed by atoms with Gasteiger partial charge in [0.1, 0.15) is 25.6 Å². The van der Waals surface area contributed by atoms with Crippen molar-refractivity contribution in [1.82, 2.24) is 5.16 Å². The fourth-order valence-electron chi connectivity index (χ4n) is 2.70. The fourth-order valence-corrected chi connectivity index (χ4v) is 2.70. The van der Waals surface area contributed by atoms with Crippen molar-refractivity contribution in [3.63, 3.8) is 0 Å². The quantitative estimate of drug-likeness (QED) is 0.382. The van der Waals surface area contributed by atoms with Crippen molar-refractivity contribution in [2.45, 2.75) is 20.5 Å². The Balaban J connectivity index is 1.55. The first-order chi connectivity index (χ1) is 14.5. The number of para-hydroxylation sites is 1. The third-order valence-electron chi connectivity index (χ3n) is 4.36. The first-order valence-corrected chi connectivity index (χ1v) is 9.26. The van der Waals surface area contributed by atoms with Crippen LogP contribution in [0.3, 0.4) is 0 Å². The Morgan fingerprint density at radius 2 is 1.83 bits per heavy atom. The molecule has 0 aliphatic carbocycles. The van der Waals surface area contributed by atoms with Crippen molar-refractivity contribution in [1.29, 1.82) is 0 Å². The number of aromatic nitrogens is 1. The van der Waals surface area contributed by atoms with Crippen LogP contribution in [-0.2, 0) is 11.3 Å². The molecule has 0 aliphatic rings. The molecular weight excluding hydrogens is 393 g/mol. The molecule has 0 amide bonds. The second-order valence-corrected chi connectivity index (χ2v) is 6.37. The third-order valence-corrected chi connectivity index (χ3v) is 4.36. The molecule has 7 nitrogen and oxygen atoms in total. The molecule has 0 saturated carbocycles. The van der Waals surface area contributed by atoms with Gasteiger partial charge in [-0.2, -0.15) is 0 Å². The molecule has 3 rings (SSSR count). The lowest BCUT2D eigenvalue weighted by atomic mass is 10.2. The molecule has 0 fully saturated rings. The first kappa shape index (κ1) is 21.2. The van der Waals surface area contributed by atoms with E-state index in [1.54, 1.807) is 24.3 Å². The van der Waals surface area contributed by atoms with E-state index in [2.05, 4.69) is 5.16 Å². The summed E-state index contributed by atoms with van der Waals surface area (Å²) >= 11 is 0. The van der Waals surface area contributed by atoms with E-state index < -0.39 is 11.8 Å². The van der Waals surface area contributed by atoms with Gasteiger partial charge in [0.2, 0.25) is 0 Å². The van der Waals surface area contributed by atoms with Crippen LogP contribution in [-0.4, -0.2) is 31.4 Å². The average molecular weight is 415 g/mol. The highest BCUT2D eigenvalue weighted by molar-refractivity contribution is 5.90. The van der Waals surface area contributed by atoms with Crippen LogP contribution >= 0.6 is 0 Å². The normalized spacial score (nSPS) is 10.5. The maximum Gasteiger partial charge on any atom is 0.338 e. The Hall–Kier alpha value is -3.55. The van der Waals surface area contributed by atoms with Crippen molar-refractivity contribution in [2.75, 3.05) is 20.3 Å². The van der Waals surface area contributed by atoms with Gasteiger partial charge >= 0.3 is 5.97 Å². The van der Waals surface area contributed by atoms with Gasteiger partial charge in [-0.1, -0.05) is 17.3 Å². The lowest BCUT2D eigenvalue weighted by Gasteiger charge is -2.12. The van der Waals surface area contributed by atoms with Gasteiger partial charge in [-0.25, -0.2) is 9.18 Å². The maximum atomic E-state index is 13.5. The lowest BCUT2D eigenvalue weighted by molar-refractivity contribution is 0.0448. The van der Waals surface area contributed by atoms with Crippen LogP contribution in [0.15, 0.2) is 47.0 Å². The number of hydrogen-bond donors (Lipinski definition) is 0. The molecule has 0 unspecified atom stereocenters. The molecule has 1 heterocycles. The number of halogens is 1. The highest BCUT2D eigenvalue weighted by atomic mass is 19.1. The summed E-state index contributed by atoms with van der Waals surface area (Å²) in [5.74, 6) is 0.624. The van der Waals surface area contributed by atoms with E-state index in [1.807, 2.05) is 13.8 Å². The van der Waals surface area contributed by atoms with Crippen molar-refractivity contribution in [3.05, 3.63) is 70.9 Å². The largest absolute Gasteiger partial charge is 0.493 e. The minimum absolute atomic E-state index is 0.0280. The van der Waals surface area contributed by atoms with Gasteiger partial charge in [0.15, 0.2) is 23.1 Å². The number of carbonyl (C=O) groups is 1. The Kier molecular flexibility index (Phi) is 6.90. The van der Waals surface area contributed by atoms with Crippen LogP contribution in [0, 0.1) is 19.7 Å². The molecule has 1 aromatic heterocycles. The predicted molar refractivity (Wildman–Crippen MR) is 105 cm³/mol. The molecule has 0 N–H and O–H groups in total. The van der Waals surface area contributed by atoms with Crippen molar-refractivity contribution in [3.8, 4) is 17.2 Å². The predicted octanol–water partition coefficient (Wildman–Crippen LogP) is 4.25. The smallest absolute Gasteiger partial charge is 0.338 e. The zero-order valence-electron chi connectivity index (χ0n) is 16.9. The molecule has 0 atom stereocenters. The van der Waals surface area contributed by atoms with Gasteiger partial charge in [-0.15, -0.1) is 0 Å². The molecule has 0 saturated heterocycles. The Morgan fingerprint density at radius 3 is 2.53 bits per heavy atom. The van der Waals surface area contributed by atoms with Gasteiger partial charge in [0, 0.05) is 0 Å². The SMILES string of the molecule is COc1cc(C(=O)OCCOc2ccccc2F)ccc1OCc1c(C)noc1C. The summed E-state index contributed by atoms with van der Waals surface area (Å²) in [5.41, 5.74) is 1.90. The summed E-state index contributed by atoms with van der Waals surface area (Å²) in [7, 11) is 1.48. The number of hydrogen-bond acceptors (Lipinski definition) is 7. The number of methoxy groups -OCH3 is 1. The summed E-state index contributed by atoms with van der Waals surface area (Å²) in [6.07, 6.45) is 0. The van der Waals surface area contributed by atoms with E-state index in [-0.39, 0.29) is 25.6 Å². The third kappa shape index (κ3) is 5.08. The van der Waals surface area contributed by atoms with Crippen LogP contribution in [0.25, 0.3) is 0 Å². The zero-order valence-corrected chi connectivity index (χ0v) is 16.9. The average Bonchev–Trinajstić information content (AvgIpc) is 3.08. The van der Waals surface area contributed by atoms with Crippen LogP contribution in [0.5, 0.6) is 17.2 Å². The van der Waals surface area contributed by atoms with Gasteiger partial charge in [-0.3, -0.25) is 0 Å². The fraction of sp³-hybridized carbons (Fsp3) is 0.273. The van der Waals surface area contributed by atoms with Crippen molar-refractivity contribution < 1.29 is 32.7 Å². The molecule has 0 bridgehead atoms. The second-order valence-electron chi connectivity index (χ2n) is 6.37. The number of benzene rings is 2. The van der Waals surface area contributed by atoms with E-state index in [0.717, 1.165) is 11.3 Å². The molecular formula is C22H22FNO6. The van der Waals surface area contributed by atoms with Crippen LogP contribution < -0.4 is 14.2 Å². The number of carbonyl (C=O) groups excluding carboxylic acids is 1. The van der Waals surface area contributed by atoms with Crippen LogP contribution in [0.2, 0.25) is 0 Å². The summed E-state index contributed by atoms with van der Waals surface area (Å²) in [6, 6.07) is 10.8. The van der Waals surface area contributed by atoms with E-state index in [4.69, 9.17) is 23.5 Å². The summed E-state index contributed by atoms with van der Waals surface area (Å²) in [4.78, 5) is 12.3. The number of nitrogens with zero attached hydrogens (tertiary/aromatic N) is 1. The lowest BCUT2D eigenvalue weighted by Crippen LogP contribution is -2.13. The van der Waals surface area contributed by atoms with Crippen molar-refractivity contribution in [2.24, 2.45) is 0 Å². The number of ether oxygens (including phenoxy) is 4. The number of rotatable bonds is 9. The minimum atomic E-state index is -0.553. The van der Waals surface area contributed by atoms with Crippen molar-refractivity contribution >= 4 is 5.97 Å². The Morgan fingerprint density at radius 1 is 1.03 bits per heavy atom. The van der Waals surface area contributed by atoms with E-state index in [1.165, 1.54) is 25.3 Å². The topological polar surface area (TPSA) is 80.0 Å². The van der Waals surface area contributed by atoms with E-state index in [0.29, 0.717) is 22.8 Å². The monoisotopic (exact) mass is 415 g/mol. The summed E-state index contributed by atoms with van der Waals surface area (Å²) in [5, 5.41) is 3.89. The zero-order chi connectivity index (χ0) is 21.5. The molecule has 0 aliphatic heterocycles.